The van der Waals surface area contributed by atoms with Gasteiger partial charge in [-0.15, -0.1) is 0 Å². The molecule has 1 saturated heterocycles. The number of hydrogen-bond acceptors (Lipinski definition) is 5. The van der Waals surface area contributed by atoms with Crippen molar-refractivity contribution in [2.45, 2.75) is 19.4 Å². The van der Waals surface area contributed by atoms with Crippen molar-refractivity contribution in [1.29, 1.82) is 0 Å². The number of anilines is 1. The number of rotatable bonds is 5. The number of carbonyl (C=O) groups is 1. The highest BCUT2D eigenvalue weighted by Gasteiger charge is 2.21. The Kier molecular flexibility index (Phi) is 5.55. The Labute approximate surface area is 146 Å². The number of halogens is 1. The molecule has 0 atom stereocenters. The summed E-state index contributed by atoms with van der Waals surface area (Å²) in [6, 6.07) is 6.89. The molecule has 0 bridgehead atoms. The maximum Gasteiger partial charge on any atom is 0.273 e. The topological polar surface area (TPSA) is 84.1 Å². The lowest BCUT2D eigenvalue weighted by Crippen LogP contribution is -2.38. The van der Waals surface area contributed by atoms with E-state index in [9.17, 15) is 9.18 Å². The number of nitrogens with two attached hydrogens (primary N) is 1. The van der Waals surface area contributed by atoms with Gasteiger partial charge in [0.15, 0.2) is 11.5 Å². The molecule has 0 saturated carbocycles. The lowest BCUT2D eigenvalue weighted by molar-refractivity contribution is 0.0930. The van der Waals surface area contributed by atoms with Crippen LogP contribution in [0.3, 0.4) is 0 Å². The molecule has 0 radical (unpaired) electrons. The summed E-state index contributed by atoms with van der Waals surface area (Å²) in [6.45, 7) is 2.99. The van der Waals surface area contributed by atoms with Crippen LogP contribution in [-0.2, 0) is 6.54 Å². The van der Waals surface area contributed by atoms with Crippen molar-refractivity contribution in [2.24, 2.45) is 5.92 Å². The molecule has 1 fully saturated rings. The summed E-state index contributed by atoms with van der Waals surface area (Å²) in [7, 11) is 0. The van der Waals surface area contributed by atoms with Crippen LogP contribution in [0.4, 0.5) is 10.2 Å². The maximum absolute atomic E-state index is 13.7. The Bertz CT molecular complexity index is 731. The Hall–Kier alpha value is -2.54. The first kappa shape index (κ1) is 17.3. The largest absolute Gasteiger partial charge is 0.382 e. The highest BCUT2D eigenvalue weighted by atomic mass is 19.1. The fraction of sp³-hybridized carbons (Fsp3) is 0.389. The van der Waals surface area contributed by atoms with Crippen LogP contribution in [-0.4, -0.2) is 40.4 Å². The van der Waals surface area contributed by atoms with Crippen LogP contribution in [0, 0.1) is 11.7 Å². The molecule has 3 N–H and O–H groups in total. The molecule has 0 unspecified atom stereocenters. The normalized spacial score (nSPS) is 15.9. The Morgan fingerprint density at radius 3 is 2.68 bits per heavy atom. The van der Waals surface area contributed by atoms with Crippen molar-refractivity contribution in [1.82, 2.24) is 20.2 Å². The highest BCUT2D eigenvalue weighted by molar-refractivity contribution is 5.96. The average molecular weight is 343 g/mol. The number of aromatic nitrogens is 2. The van der Waals surface area contributed by atoms with E-state index in [2.05, 4.69) is 20.2 Å². The van der Waals surface area contributed by atoms with Gasteiger partial charge in [0.1, 0.15) is 5.82 Å². The van der Waals surface area contributed by atoms with Crippen molar-refractivity contribution in [3.63, 3.8) is 0 Å². The minimum Gasteiger partial charge on any atom is -0.382 e. The summed E-state index contributed by atoms with van der Waals surface area (Å²) in [5, 5.41) is 2.88. The molecule has 0 spiro atoms. The van der Waals surface area contributed by atoms with Gasteiger partial charge in [0.05, 0.1) is 0 Å². The molecule has 2 heterocycles. The van der Waals surface area contributed by atoms with E-state index in [0.717, 1.165) is 31.5 Å². The van der Waals surface area contributed by atoms with E-state index in [1.54, 1.807) is 6.07 Å². The summed E-state index contributed by atoms with van der Waals surface area (Å²) in [5.74, 6) is 0.0938. The monoisotopic (exact) mass is 343 g/mol. The maximum atomic E-state index is 13.7. The lowest BCUT2D eigenvalue weighted by atomic mass is 9.96. The standard InChI is InChI=1S/C18H22FN5O/c19-15-4-2-1-3-14(15)12-24-9-5-13(6-10-24)11-23-18(25)16-17(20)22-8-7-21-16/h1-4,7-8,13H,5-6,9-12H2,(H2,20,22)(H,23,25). The molecule has 1 aliphatic heterocycles. The Morgan fingerprint density at radius 2 is 1.96 bits per heavy atom. The quantitative estimate of drug-likeness (QED) is 0.865. The third kappa shape index (κ3) is 4.51. The fourth-order valence-corrected chi connectivity index (χ4v) is 3.06. The van der Waals surface area contributed by atoms with E-state index in [4.69, 9.17) is 5.73 Å². The summed E-state index contributed by atoms with van der Waals surface area (Å²) < 4.78 is 13.7. The molecule has 3 rings (SSSR count). The van der Waals surface area contributed by atoms with Crippen LogP contribution in [0.1, 0.15) is 28.9 Å². The second-order valence-electron chi connectivity index (χ2n) is 6.31. The van der Waals surface area contributed by atoms with Crippen LogP contribution in [0.25, 0.3) is 0 Å². The zero-order valence-electron chi connectivity index (χ0n) is 14.0. The number of nitrogens with zero attached hydrogens (tertiary/aromatic N) is 3. The number of amides is 1. The lowest BCUT2D eigenvalue weighted by Gasteiger charge is -2.32. The van der Waals surface area contributed by atoms with E-state index in [1.165, 1.54) is 18.5 Å². The number of benzene rings is 1. The van der Waals surface area contributed by atoms with Crippen LogP contribution >= 0.6 is 0 Å². The van der Waals surface area contributed by atoms with Gasteiger partial charge in [-0.25, -0.2) is 14.4 Å². The summed E-state index contributed by atoms with van der Waals surface area (Å²) in [5.41, 5.74) is 6.56. The van der Waals surface area contributed by atoms with E-state index >= 15 is 0 Å². The molecule has 1 aliphatic rings. The SMILES string of the molecule is Nc1nccnc1C(=O)NCC1CCN(Cc2ccccc2F)CC1. The number of nitrogens with one attached hydrogen (secondary N) is 1. The van der Waals surface area contributed by atoms with Gasteiger partial charge in [-0.05, 0) is 37.9 Å². The molecule has 0 aliphatic carbocycles. The van der Waals surface area contributed by atoms with E-state index in [1.807, 2.05) is 12.1 Å². The number of likely N-dealkylation sites (tertiary alicyclic amines) is 1. The van der Waals surface area contributed by atoms with Crippen molar-refractivity contribution < 1.29 is 9.18 Å². The smallest absolute Gasteiger partial charge is 0.273 e. The van der Waals surface area contributed by atoms with Crippen LogP contribution in [0.5, 0.6) is 0 Å². The van der Waals surface area contributed by atoms with Crippen molar-refractivity contribution in [3.8, 4) is 0 Å². The Morgan fingerprint density at radius 1 is 1.24 bits per heavy atom. The van der Waals surface area contributed by atoms with Gasteiger partial charge < -0.3 is 11.1 Å². The van der Waals surface area contributed by atoms with Gasteiger partial charge in [-0.2, -0.15) is 0 Å². The minimum atomic E-state index is -0.292. The molecule has 1 aromatic heterocycles. The molecule has 1 aromatic carbocycles. The van der Waals surface area contributed by atoms with E-state index in [0.29, 0.717) is 19.0 Å². The molecule has 2 aromatic rings. The average Bonchev–Trinajstić information content (AvgIpc) is 2.63. The number of piperidine rings is 1. The third-order valence-electron chi connectivity index (χ3n) is 4.55. The highest BCUT2D eigenvalue weighted by Crippen LogP contribution is 2.19. The van der Waals surface area contributed by atoms with Crippen LogP contribution in [0.15, 0.2) is 36.7 Å². The van der Waals surface area contributed by atoms with E-state index < -0.39 is 0 Å². The minimum absolute atomic E-state index is 0.139. The Balaban J connectivity index is 1.44. The van der Waals surface area contributed by atoms with Crippen molar-refractivity contribution >= 4 is 11.7 Å². The first-order valence-corrected chi connectivity index (χ1v) is 8.44. The third-order valence-corrected chi connectivity index (χ3v) is 4.55. The second kappa shape index (κ2) is 8.02. The number of nitrogen functional groups attached to an aromatic ring is 1. The molecular weight excluding hydrogens is 321 g/mol. The predicted octanol–water partition coefficient (Wildman–Crippen LogP) is 1.84. The van der Waals surface area contributed by atoms with Gasteiger partial charge >= 0.3 is 0 Å². The van der Waals surface area contributed by atoms with Gasteiger partial charge in [-0.3, -0.25) is 9.69 Å². The van der Waals surface area contributed by atoms with Crippen LogP contribution < -0.4 is 11.1 Å². The first-order chi connectivity index (χ1) is 12.1. The van der Waals surface area contributed by atoms with Gasteiger partial charge in [0.2, 0.25) is 0 Å². The number of carbonyl (C=O) groups excluding carboxylic acids is 1. The van der Waals surface area contributed by atoms with Gasteiger partial charge in [0, 0.05) is 31.0 Å². The predicted molar refractivity (Wildman–Crippen MR) is 93.2 cm³/mol. The molecule has 25 heavy (non-hydrogen) atoms. The summed E-state index contributed by atoms with van der Waals surface area (Å²) in [4.78, 5) is 22.2. The molecule has 132 valence electrons. The summed E-state index contributed by atoms with van der Waals surface area (Å²) >= 11 is 0. The second-order valence-corrected chi connectivity index (χ2v) is 6.31. The zero-order valence-corrected chi connectivity index (χ0v) is 14.0. The van der Waals surface area contributed by atoms with Gasteiger partial charge in [0.25, 0.3) is 5.91 Å². The van der Waals surface area contributed by atoms with Crippen molar-refractivity contribution in [3.05, 3.63) is 53.7 Å². The zero-order chi connectivity index (χ0) is 17.6. The van der Waals surface area contributed by atoms with Crippen LogP contribution in [0.2, 0.25) is 0 Å². The molecule has 6 nitrogen and oxygen atoms in total. The molecule has 7 heteroatoms. The number of hydrogen-bond donors (Lipinski definition) is 2. The summed E-state index contributed by atoms with van der Waals surface area (Å²) in [6.07, 6.45) is 4.83. The van der Waals surface area contributed by atoms with Crippen molar-refractivity contribution in [2.75, 3.05) is 25.4 Å². The first-order valence-electron chi connectivity index (χ1n) is 8.44. The molecular formula is C18H22FN5O. The van der Waals surface area contributed by atoms with Gasteiger partial charge in [-0.1, -0.05) is 18.2 Å². The molecule has 1 amide bonds. The fourth-order valence-electron chi connectivity index (χ4n) is 3.06. The van der Waals surface area contributed by atoms with E-state index in [-0.39, 0.29) is 23.2 Å².